The Kier molecular flexibility index (Phi) is 15.4. The van der Waals surface area contributed by atoms with Crippen molar-refractivity contribution in [3.8, 4) is 0 Å². The first-order valence-electron chi connectivity index (χ1n) is 9.20. The Morgan fingerprint density at radius 2 is 2.04 bits per heavy atom. The van der Waals surface area contributed by atoms with Crippen LogP contribution in [0.25, 0.3) is 0 Å². The predicted molar refractivity (Wildman–Crippen MR) is 105 cm³/mol. The summed E-state index contributed by atoms with van der Waals surface area (Å²) in [6, 6.07) is 0. The third kappa shape index (κ3) is 14.1. The summed E-state index contributed by atoms with van der Waals surface area (Å²) in [5.41, 5.74) is 2.49. The number of alkyl halides is 1. The van der Waals surface area contributed by atoms with Crippen molar-refractivity contribution < 1.29 is 18.7 Å². The van der Waals surface area contributed by atoms with E-state index < -0.39 is 12.3 Å². The zero-order valence-electron chi connectivity index (χ0n) is 16.5. The summed E-state index contributed by atoms with van der Waals surface area (Å²) in [5.74, 6) is 0.159. The molecule has 0 radical (unpaired) electrons. The quantitative estimate of drug-likeness (QED) is 0.196. The highest BCUT2D eigenvalue weighted by atomic mass is 35.5. The first kappa shape index (κ1) is 24.9. The molecule has 0 bridgehead atoms. The van der Waals surface area contributed by atoms with Crippen LogP contribution < -0.4 is 5.32 Å². The van der Waals surface area contributed by atoms with E-state index in [4.69, 9.17) is 21.1 Å². The Morgan fingerprint density at radius 1 is 1.31 bits per heavy atom. The third-order valence-corrected chi connectivity index (χ3v) is 3.71. The number of nitrogens with zero attached hydrogens (tertiary/aromatic N) is 1. The van der Waals surface area contributed by atoms with Crippen molar-refractivity contribution in [1.82, 2.24) is 10.4 Å². The smallest absolute Gasteiger partial charge is 0.407 e. The number of hydrogen-bond acceptors (Lipinski definition) is 4. The second kappa shape index (κ2) is 16.1. The largest absolute Gasteiger partial charge is 0.449 e. The highest BCUT2D eigenvalue weighted by molar-refractivity contribution is 6.18. The van der Waals surface area contributed by atoms with Crippen LogP contribution in [-0.4, -0.2) is 49.6 Å². The molecule has 0 saturated heterocycles. The van der Waals surface area contributed by atoms with Crippen molar-refractivity contribution in [2.24, 2.45) is 0 Å². The molecular formula is C19H34ClFN2O3. The molecule has 5 nitrogen and oxygen atoms in total. The average Bonchev–Trinajstić information content (AvgIpc) is 2.58. The van der Waals surface area contributed by atoms with E-state index in [0.717, 1.165) is 19.3 Å². The van der Waals surface area contributed by atoms with E-state index in [0.29, 0.717) is 18.3 Å². The second-order valence-electron chi connectivity index (χ2n) is 6.32. The molecule has 1 atom stereocenters. The predicted octanol–water partition coefficient (Wildman–Crippen LogP) is 4.97. The molecule has 0 rings (SSSR count). The van der Waals surface area contributed by atoms with Crippen LogP contribution in [0, 0.1) is 0 Å². The molecule has 0 saturated carbocycles. The zero-order valence-corrected chi connectivity index (χ0v) is 17.3. The van der Waals surface area contributed by atoms with Gasteiger partial charge in [0.1, 0.15) is 6.23 Å². The van der Waals surface area contributed by atoms with Gasteiger partial charge in [-0.15, -0.1) is 21.2 Å². The Morgan fingerprint density at radius 3 is 2.65 bits per heavy atom. The van der Waals surface area contributed by atoms with Gasteiger partial charge >= 0.3 is 6.09 Å². The Balaban J connectivity index is 4.33. The summed E-state index contributed by atoms with van der Waals surface area (Å²) < 4.78 is 24.7. The minimum Gasteiger partial charge on any atom is -0.449 e. The van der Waals surface area contributed by atoms with Crippen LogP contribution in [0.15, 0.2) is 23.3 Å². The Bertz CT molecular complexity index is 441. The number of halogens is 2. The number of hydrogen-bond donors (Lipinski definition) is 1. The SMILES string of the molecule is CCCNC(=O)OCCC(OC/C=C(\C)CCC=C(C)C)N(F)CCCl. The van der Waals surface area contributed by atoms with Crippen LogP contribution >= 0.6 is 11.6 Å². The molecule has 152 valence electrons. The molecule has 1 N–H and O–H groups in total. The van der Waals surface area contributed by atoms with Gasteiger partial charge in [0.15, 0.2) is 0 Å². The fourth-order valence-electron chi connectivity index (χ4n) is 2.05. The van der Waals surface area contributed by atoms with Crippen molar-refractivity contribution in [2.45, 2.75) is 59.6 Å². The van der Waals surface area contributed by atoms with Crippen LogP contribution in [0.4, 0.5) is 9.28 Å². The molecule has 0 aliphatic rings. The molecule has 0 aromatic carbocycles. The molecule has 7 heteroatoms. The molecule has 1 amide bonds. The highest BCUT2D eigenvalue weighted by Gasteiger charge is 2.19. The summed E-state index contributed by atoms with van der Waals surface area (Å²) in [6.07, 6.45) is 5.84. The number of carbonyl (C=O) groups is 1. The van der Waals surface area contributed by atoms with E-state index in [9.17, 15) is 9.28 Å². The molecule has 0 fully saturated rings. The maximum atomic E-state index is 14.1. The Hall–Kier alpha value is -1.11. The van der Waals surface area contributed by atoms with Gasteiger partial charge in [-0.25, -0.2) is 4.79 Å². The van der Waals surface area contributed by atoms with Gasteiger partial charge in [-0.2, -0.15) is 0 Å². The normalized spacial score (nSPS) is 12.8. The van der Waals surface area contributed by atoms with Gasteiger partial charge in [-0.3, -0.25) is 0 Å². The fraction of sp³-hybridized carbons (Fsp3) is 0.737. The number of rotatable bonds is 14. The van der Waals surface area contributed by atoms with Gasteiger partial charge in [-0.05, 0) is 40.0 Å². The zero-order chi connectivity index (χ0) is 19.8. The molecule has 0 aliphatic heterocycles. The molecule has 0 aromatic rings. The maximum Gasteiger partial charge on any atom is 0.407 e. The molecule has 0 spiro atoms. The minimum atomic E-state index is -0.797. The van der Waals surface area contributed by atoms with Crippen LogP contribution in [0.1, 0.15) is 53.4 Å². The lowest BCUT2D eigenvalue weighted by molar-refractivity contribution is -0.151. The van der Waals surface area contributed by atoms with Gasteiger partial charge in [0, 0.05) is 25.4 Å². The van der Waals surface area contributed by atoms with Crippen molar-refractivity contribution in [1.29, 1.82) is 0 Å². The number of carbonyl (C=O) groups excluding carboxylic acids is 1. The van der Waals surface area contributed by atoms with Crippen LogP contribution in [0.2, 0.25) is 0 Å². The summed E-state index contributed by atoms with van der Waals surface area (Å²) in [7, 11) is 0. The molecule has 0 heterocycles. The topological polar surface area (TPSA) is 50.8 Å². The number of ether oxygens (including phenoxy) is 2. The lowest BCUT2D eigenvalue weighted by Crippen LogP contribution is -2.34. The number of amides is 1. The number of allylic oxidation sites excluding steroid dienone is 3. The van der Waals surface area contributed by atoms with E-state index in [1.807, 2.05) is 19.9 Å². The lowest BCUT2D eigenvalue weighted by Gasteiger charge is -2.23. The van der Waals surface area contributed by atoms with Gasteiger partial charge < -0.3 is 14.8 Å². The van der Waals surface area contributed by atoms with Gasteiger partial charge in [0.05, 0.1) is 13.2 Å². The monoisotopic (exact) mass is 392 g/mol. The van der Waals surface area contributed by atoms with Crippen LogP contribution in [-0.2, 0) is 9.47 Å². The molecular weight excluding hydrogens is 359 g/mol. The molecule has 1 unspecified atom stereocenters. The highest BCUT2D eigenvalue weighted by Crippen LogP contribution is 2.11. The first-order valence-corrected chi connectivity index (χ1v) is 9.73. The van der Waals surface area contributed by atoms with Crippen molar-refractivity contribution in [3.05, 3.63) is 23.3 Å². The number of nitrogens with one attached hydrogen (secondary N) is 1. The van der Waals surface area contributed by atoms with Gasteiger partial charge in [-0.1, -0.05) is 30.2 Å². The lowest BCUT2D eigenvalue weighted by atomic mass is 10.1. The summed E-state index contributed by atoms with van der Waals surface area (Å²) in [4.78, 5) is 11.4. The van der Waals surface area contributed by atoms with E-state index in [-0.39, 0.29) is 25.5 Å². The standard InChI is InChI=1S/C19H34ClFN2O3/c1-5-12-22-19(24)26-15-10-18(23(21)13-11-20)25-14-9-17(4)8-6-7-16(2)3/h7,9,18H,5-6,8,10-15H2,1-4H3,(H,22,24)/b17-9+. The average molecular weight is 393 g/mol. The first-order chi connectivity index (χ1) is 12.4. The molecule has 0 aliphatic carbocycles. The van der Waals surface area contributed by atoms with Crippen molar-refractivity contribution in [3.63, 3.8) is 0 Å². The van der Waals surface area contributed by atoms with Crippen molar-refractivity contribution >= 4 is 17.7 Å². The summed E-state index contributed by atoms with van der Waals surface area (Å²) >= 11 is 5.60. The minimum absolute atomic E-state index is 0.0531. The van der Waals surface area contributed by atoms with Crippen molar-refractivity contribution in [2.75, 3.05) is 32.2 Å². The summed E-state index contributed by atoms with van der Waals surface area (Å²) in [5, 5.41) is 3.15. The number of alkyl carbamates (subject to hydrolysis) is 1. The molecule has 0 aromatic heterocycles. The van der Waals surface area contributed by atoms with E-state index in [1.165, 1.54) is 11.1 Å². The maximum absolute atomic E-state index is 14.1. The van der Waals surface area contributed by atoms with Crippen LogP contribution in [0.5, 0.6) is 0 Å². The van der Waals surface area contributed by atoms with Crippen LogP contribution in [0.3, 0.4) is 0 Å². The summed E-state index contributed by atoms with van der Waals surface area (Å²) in [6.45, 7) is 9.11. The van der Waals surface area contributed by atoms with Gasteiger partial charge in [0.25, 0.3) is 0 Å². The van der Waals surface area contributed by atoms with E-state index >= 15 is 0 Å². The fourth-order valence-corrected chi connectivity index (χ4v) is 2.21. The van der Waals surface area contributed by atoms with E-state index in [2.05, 4.69) is 25.2 Å². The second-order valence-corrected chi connectivity index (χ2v) is 6.70. The van der Waals surface area contributed by atoms with E-state index in [1.54, 1.807) is 0 Å². The van der Waals surface area contributed by atoms with Gasteiger partial charge in [0.2, 0.25) is 0 Å². The Labute approximate surface area is 162 Å². The molecule has 26 heavy (non-hydrogen) atoms. The third-order valence-electron chi connectivity index (χ3n) is 3.54.